The van der Waals surface area contributed by atoms with Crippen molar-refractivity contribution in [2.45, 2.75) is 33.3 Å². The van der Waals surface area contributed by atoms with Crippen LogP contribution in [0.15, 0.2) is 40.9 Å². The molecule has 0 fully saturated rings. The molecule has 7 nitrogen and oxygen atoms in total. The molecule has 27 heavy (non-hydrogen) atoms. The van der Waals surface area contributed by atoms with E-state index in [0.717, 1.165) is 11.3 Å². The number of hydrogen-bond acceptors (Lipinski definition) is 6. The number of aromatic nitrogens is 2. The average molecular weight is 367 g/mol. The first-order chi connectivity index (χ1) is 13.0. The van der Waals surface area contributed by atoms with Gasteiger partial charge in [0.25, 0.3) is 11.6 Å². The van der Waals surface area contributed by atoms with Crippen LogP contribution in [0.25, 0.3) is 11.1 Å². The summed E-state index contributed by atoms with van der Waals surface area (Å²) in [6.07, 6.45) is 0. The number of fused-ring (bicyclic) bond motifs is 1. The molecule has 3 aromatic rings. The van der Waals surface area contributed by atoms with Crippen LogP contribution in [0, 0.1) is 6.92 Å². The van der Waals surface area contributed by atoms with E-state index < -0.39 is 11.9 Å². The Bertz CT molecular complexity index is 964. The quantitative estimate of drug-likeness (QED) is 0.673. The Morgan fingerprint density at radius 3 is 2.67 bits per heavy atom. The molecular weight excluding hydrogens is 346 g/mol. The van der Waals surface area contributed by atoms with Gasteiger partial charge in [-0.1, -0.05) is 49.3 Å². The van der Waals surface area contributed by atoms with Crippen LogP contribution in [0.1, 0.15) is 47.1 Å². The third-order valence-electron chi connectivity index (χ3n) is 4.11. The molecule has 0 radical (unpaired) electrons. The van der Waals surface area contributed by atoms with E-state index in [-0.39, 0.29) is 19.1 Å². The molecule has 2 aromatic heterocycles. The van der Waals surface area contributed by atoms with Crippen LogP contribution in [0.3, 0.4) is 0 Å². The second-order valence-electron chi connectivity index (χ2n) is 6.53. The first kappa shape index (κ1) is 18.6. The van der Waals surface area contributed by atoms with Crippen molar-refractivity contribution < 1.29 is 18.8 Å². The minimum Gasteiger partial charge on any atom is -0.460 e. The third kappa shape index (κ3) is 4.31. The molecule has 0 aliphatic rings. The smallest absolute Gasteiger partial charge is 0.325 e. The molecular formula is C20H21N3O4. The third-order valence-corrected chi connectivity index (χ3v) is 4.11. The van der Waals surface area contributed by atoms with Crippen LogP contribution in [-0.4, -0.2) is 28.6 Å². The predicted octanol–water partition coefficient (Wildman–Crippen LogP) is 3.13. The molecule has 0 spiro atoms. The van der Waals surface area contributed by atoms with Crippen molar-refractivity contribution in [2.24, 2.45) is 0 Å². The average Bonchev–Trinajstić information content (AvgIpc) is 3.05. The fourth-order valence-corrected chi connectivity index (χ4v) is 2.63. The summed E-state index contributed by atoms with van der Waals surface area (Å²) in [5, 5.41) is 7.04. The van der Waals surface area contributed by atoms with Gasteiger partial charge in [0.05, 0.1) is 16.6 Å². The number of carbonyl (C=O) groups excluding carboxylic acids is 2. The highest BCUT2D eigenvalue weighted by Crippen LogP contribution is 2.24. The molecule has 0 aliphatic carbocycles. The molecule has 0 bridgehead atoms. The summed E-state index contributed by atoms with van der Waals surface area (Å²) >= 11 is 0. The number of aryl methyl sites for hydroxylation is 1. The zero-order valence-electron chi connectivity index (χ0n) is 15.5. The molecule has 0 unspecified atom stereocenters. The van der Waals surface area contributed by atoms with Crippen molar-refractivity contribution in [2.75, 3.05) is 6.54 Å². The maximum absolute atomic E-state index is 12.6. The van der Waals surface area contributed by atoms with Crippen molar-refractivity contribution >= 4 is 23.0 Å². The molecule has 2 heterocycles. The standard InChI is InChI=1S/C20H21N3O4/c1-12(2)16-9-15(18-13(3)23-27-20(18)22-16)19(25)21-10-17(24)26-11-14-7-5-4-6-8-14/h4-9,12H,10-11H2,1-3H3,(H,21,25). The molecule has 1 aromatic carbocycles. The zero-order valence-corrected chi connectivity index (χ0v) is 15.5. The number of amides is 1. The Labute approximate surface area is 156 Å². The highest BCUT2D eigenvalue weighted by Gasteiger charge is 2.20. The summed E-state index contributed by atoms with van der Waals surface area (Å²) < 4.78 is 10.4. The number of hydrogen-bond donors (Lipinski definition) is 1. The molecule has 0 atom stereocenters. The summed E-state index contributed by atoms with van der Waals surface area (Å²) in [7, 11) is 0. The van der Waals surface area contributed by atoms with Gasteiger partial charge in [0, 0.05) is 5.69 Å². The highest BCUT2D eigenvalue weighted by molar-refractivity contribution is 6.06. The maximum atomic E-state index is 12.6. The van der Waals surface area contributed by atoms with Gasteiger partial charge >= 0.3 is 5.97 Å². The summed E-state index contributed by atoms with van der Waals surface area (Å²) in [4.78, 5) is 29.0. The van der Waals surface area contributed by atoms with E-state index in [1.165, 1.54) is 0 Å². The van der Waals surface area contributed by atoms with Gasteiger partial charge in [0.2, 0.25) is 0 Å². The number of nitrogens with zero attached hydrogens (tertiary/aromatic N) is 2. The van der Waals surface area contributed by atoms with Gasteiger partial charge in [-0.25, -0.2) is 4.98 Å². The van der Waals surface area contributed by atoms with Gasteiger partial charge in [-0.05, 0) is 24.5 Å². The largest absolute Gasteiger partial charge is 0.460 e. The van der Waals surface area contributed by atoms with Gasteiger partial charge < -0.3 is 14.6 Å². The SMILES string of the molecule is Cc1noc2nc(C(C)C)cc(C(=O)NCC(=O)OCc3ccccc3)c12. The Kier molecular flexibility index (Phi) is 5.49. The zero-order chi connectivity index (χ0) is 19.4. The van der Waals surface area contributed by atoms with Crippen molar-refractivity contribution in [3.8, 4) is 0 Å². The summed E-state index contributed by atoms with van der Waals surface area (Å²) in [6.45, 7) is 5.63. The van der Waals surface area contributed by atoms with Crippen molar-refractivity contribution in [3.63, 3.8) is 0 Å². The predicted molar refractivity (Wildman–Crippen MR) is 99.2 cm³/mol. The molecule has 1 amide bonds. The number of benzene rings is 1. The first-order valence-electron chi connectivity index (χ1n) is 8.70. The van der Waals surface area contributed by atoms with Crippen LogP contribution in [-0.2, 0) is 16.1 Å². The van der Waals surface area contributed by atoms with Gasteiger partial charge in [0.1, 0.15) is 13.2 Å². The lowest BCUT2D eigenvalue weighted by Gasteiger charge is -2.10. The van der Waals surface area contributed by atoms with Crippen LogP contribution in [0.2, 0.25) is 0 Å². The molecule has 140 valence electrons. The lowest BCUT2D eigenvalue weighted by Crippen LogP contribution is -2.31. The number of ether oxygens (including phenoxy) is 1. The van der Waals surface area contributed by atoms with Crippen molar-refractivity contribution in [1.29, 1.82) is 0 Å². The van der Waals surface area contributed by atoms with Gasteiger partial charge in [-0.3, -0.25) is 9.59 Å². The molecule has 0 saturated carbocycles. The molecule has 3 rings (SSSR count). The van der Waals surface area contributed by atoms with E-state index in [1.54, 1.807) is 13.0 Å². The van der Waals surface area contributed by atoms with E-state index in [4.69, 9.17) is 9.26 Å². The fourth-order valence-electron chi connectivity index (χ4n) is 2.63. The maximum Gasteiger partial charge on any atom is 0.325 e. The van der Waals surface area contributed by atoms with E-state index in [0.29, 0.717) is 22.4 Å². The Hall–Kier alpha value is -3.22. The molecule has 0 saturated heterocycles. The minimum absolute atomic E-state index is 0.113. The number of pyridine rings is 1. The summed E-state index contributed by atoms with van der Waals surface area (Å²) in [5.41, 5.74) is 2.88. The minimum atomic E-state index is -0.511. The second-order valence-corrected chi connectivity index (χ2v) is 6.53. The van der Waals surface area contributed by atoms with Gasteiger partial charge in [0.15, 0.2) is 0 Å². The fraction of sp³-hybridized carbons (Fsp3) is 0.300. The normalized spacial score (nSPS) is 11.0. The van der Waals surface area contributed by atoms with Gasteiger partial charge in [-0.15, -0.1) is 0 Å². The van der Waals surface area contributed by atoms with Crippen LogP contribution in [0.5, 0.6) is 0 Å². The number of rotatable bonds is 6. The van der Waals surface area contributed by atoms with Crippen LogP contribution < -0.4 is 5.32 Å². The lowest BCUT2D eigenvalue weighted by atomic mass is 10.0. The molecule has 7 heteroatoms. The van der Waals surface area contributed by atoms with E-state index in [9.17, 15) is 9.59 Å². The van der Waals surface area contributed by atoms with Crippen molar-refractivity contribution in [3.05, 3.63) is 58.9 Å². The van der Waals surface area contributed by atoms with E-state index >= 15 is 0 Å². The van der Waals surface area contributed by atoms with Crippen LogP contribution >= 0.6 is 0 Å². The Morgan fingerprint density at radius 2 is 1.96 bits per heavy atom. The number of carbonyl (C=O) groups is 2. The summed E-state index contributed by atoms with van der Waals surface area (Å²) in [6, 6.07) is 11.1. The number of esters is 1. The monoisotopic (exact) mass is 367 g/mol. The van der Waals surface area contributed by atoms with Crippen LogP contribution in [0.4, 0.5) is 0 Å². The highest BCUT2D eigenvalue weighted by atomic mass is 16.5. The first-order valence-corrected chi connectivity index (χ1v) is 8.70. The Morgan fingerprint density at radius 1 is 1.22 bits per heavy atom. The summed E-state index contributed by atoms with van der Waals surface area (Å²) in [5.74, 6) is -0.793. The number of nitrogens with one attached hydrogen (secondary N) is 1. The van der Waals surface area contributed by atoms with Crippen molar-refractivity contribution in [1.82, 2.24) is 15.5 Å². The van der Waals surface area contributed by atoms with E-state index in [2.05, 4.69) is 15.5 Å². The second kappa shape index (κ2) is 7.99. The van der Waals surface area contributed by atoms with Gasteiger partial charge in [-0.2, -0.15) is 0 Å². The lowest BCUT2D eigenvalue weighted by molar-refractivity contribution is -0.143. The topological polar surface area (TPSA) is 94.3 Å². The Balaban J connectivity index is 1.68. The molecule has 1 N–H and O–H groups in total. The van der Waals surface area contributed by atoms with E-state index in [1.807, 2.05) is 44.2 Å². The molecule has 0 aliphatic heterocycles.